The number of carbonyl (C=O) groups excluding carboxylic acids is 4. The van der Waals surface area contributed by atoms with Crippen LogP contribution in [0, 0.1) is 0 Å². The van der Waals surface area contributed by atoms with Gasteiger partial charge in [0, 0.05) is 12.2 Å². The van der Waals surface area contributed by atoms with Crippen LogP contribution in [0.1, 0.15) is 20.7 Å². The van der Waals surface area contributed by atoms with Crippen LogP contribution in [0.2, 0.25) is 0 Å². The van der Waals surface area contributed by atoms with E-state index in [-0.39, 0.29) is 35.8 Å². The van der Waals surface area contributed by atoms with Gasteiger partial charge in [0.15, 0.2) is 0 Å². The molecule has 22 heavy (non-hydrogen) atoms. The van der Waals surface area contributed by atoms with E-state index >= 15 is 0 Å². The van der Waals surface area contributed by atoms with Gasteiger partial charge in [-0.05, 0) is 35.3 Å². The van der Waals surface area contributed by atoms with Crippen molar-refractivity contribution in [3.8, 4) is 11.5 Å². The first kappa shape index (κ1) is 17.7. The summed E-state index contributed by atoms with van der Waals surface area (Å²) in [6.07, 6.45) is 2.06. The highest BCUT2D eigenvalue weighted by Crippen LogP contribution is 2.31. The van der Waals surface area contributed by atoms with Crippen molar-refractivity contribution in [3.05, 3.63) is 35.4 Å². The van der Waals surface area contributed by atoms with E-state index in [1.165, 1.54) is 11.9 Å². The van der Waals surface area contributed by atoms with E-state index in [2.05, 4.69) is 0 Å². The van der Waals surface area contributed by atoms with Gasteiger partial charge in [0.1, 0.15) is 36.6 Å². The molecule has 0 saturated heterocycles. The minimum absolute atomic E-state index is 0.0474. The molecule has 1 aromatic carbocycles. The van der Waals surface area contributed by atoms with Gasteiger partial charge in [-0.25, -0.2) is 9.59 Å². The Morgan fingerprint density at radius 1 is 0.909 bits per heavy atom. The van der Waals surface area contributed by atoms with Crippen LogP contribution < -0.4 is 9.47 Å². The highest BCUT2D eigenvalue weighted by atomic mass is 35.5. The molecule has 0 N–H and O–H groups in total. The van der Waals surface area contributed by atoms with Gasteiger partial charge in [0.25, 0.3) is 10.5 Å². The van der Waals surface area contributed by atoms with Gasteiger partial charge in [0.05, 0.1) is 11.1 Å². The Morgan fingerprint density at radius 2 is 1.27 bits per heavy atom. The predicted octanol–water partition coefficient (Wildman–Crippen LogP) is 1.98. The number of rotatable bonds is 8. The summed E-state index contributed by atoms with van der Waals surface area (Å²) in [5, 5.41) is -1.73. The fourth-order valence-corrected chi connectivity index (χ4v) is 1.73. The van der Waals surface area contributed by atoms with Gasteiger partial charge in [-0.3, -0.25) is 9.59 Å². The number of benzene rings is 1. The Balaban J connectivity index is 3.29. The second-order valence-corrected chi connectivity index (χ2v) is 4.34. The zero-order valence-corrected chi connectivity index (χ0v) is 12.4. The average molecular weight is 343 g/mol. The van der Waals surface area contributed by atoms with Crippen molar-refractivity contribution in [1.82, 2.24) is 0 Å². The van der Waals surface area contributed by atoms with Gasteiger partial charge in [-0.2, -0.15) is 0 Å². The third-order valence-electron chi connectivity index (χ3n) is 2.32. The second kappa shape index (κ2) is 8.82. The molecule has 0 aliphatic rings. The maximum absolute atomic E-state index is 11.4. The fraction of sp³-hybridized carbons (Fsp3) is 0.143. The molecule has 0 fully saturated rings. The van der Waals surface area contributed by atoms with Gasteiger partial charge >= 0.3 is 0 Å². The summed E-state index contributed by atoms with van der Waals surface area (Å²) in [6.45, 7) is -0.352. The molecule has 0 spiro atoms. The summed E-state index contributed by atoms with van der Waals surface area (Å²) in [5.41, 5.74) is -0.180. The molecule has 1 aromatic rings. The Bertz CT molecular complexity index is 625. The summed E-state index contributed by atoms with van der Waals surface area (Å²) < 4.78 is 10.3. The van der Waals surface area contributed by atoms with Crippen LogP contribution in [-0.4, -0.2) is 35.6 Å². The first-order valence-corrected chi connectivity index (χ1v) is 6.48. The molecule has 0 unspecified atom stereocenters. The lowest BCUT2D eigenvalue weighted by Crippen LogP contribution is -2.06. The number of hydrogen-bond donors (Lipinski definition) is 0. The van der Waals surface area contributed by atoms with Crippen molar-refractivity contribution in [2.45, 2.75) is 0 Å². The van der Waals surface area contributed by atoms with Gasteiger partial charge in [0.2, 0.25) is 0 Å². The first-order chi connectivity index (χ1) is 10.5. The van der Waals surface area contributed by atoms with Crippen LogP contribution in [0.3, 0.4) is 0 Å². The highest BCUT2D eigenvalue weighted by Gasteiger charge is 2.19. The van der Waals surface area contributed by atoms with E-state index in [0.717, 1.165) is 24.3 Å². The number of carbonyl (C=O) groups is 2. The van der Waals surface area contributed by atoms with E-state index in [4.69, 9.17) is 32.7 Å². The molecule has 0 atom stereocenters. The monoisotopic (exact) mass is 342 g/mol. The standard InChI is InChI=1S/C14H8Cl2O6/c15-13(19)9-8-12(22-6-2-4-18)10(14(16)20)7-11(9)21-5-1-3-17/h1-2,7-8H,5-6H2. The molecule has 0 radical (unpaired) electrons. The lowest BCUT2D eigenvalue weighted by molar-refractivity contribution is 0.106. The van der Waals surface area contributed by atoms with E-state index in [0.29, 0.717) is 0 Å². The molecule has 0 saturated carbocycles. The van der Waals surface area contributed by atoms with Crippen LogP contribution in [0.5, 0.6) is 11.5 Å². The van der Waals surface area contributed by atoms with E-state index in [1.807, 2.05) is 0 Å². The third kappa shape index (κ3) is 4.88. The lowest BCUT2D eigenvalue weighted by Gasteiger charge is -2.12. The van der Waals surface area contributed by atoms with E-state index in [1.54, 1.807) is 0 Å². The fourth-order valence-electron chi connectivity index (χ4n) is 1.44. The SMILES string of the molecule is O=C=CCOc1cc(C(=O)Cl)c(OCC=C=O)cc1C(=O)Cl. The van der Waals surface area contributed by atoms with Crippen molar-refractivity contribution < 1.29 is 28.7 Å². The van der Waals surface area contributed by atoms with Crippen molar-refractivity contribution in [1.29, 1.82) is 0 Å². The zero-order chi connectivity index (χ0) is 16.5. The largest absolute Gasteiger partial charge is 0.488 e. The molecule has 0 amide bonds. The predicted molar refractivity (Wildman–Crippen MR) is 78.3 cm³/mol. The second-order valence-electron chi connectivity index (χ2n) is 3.66. The Labute approximate surface area is 134 Å². The minimum atomic E-state index is -0.866. The van der Waals surface area contributed by atoms with Crippen molar-refractivity contribution in [2.75, 3.05) is 13.2 Å². The summed E-state index contributed by atoms with van der Waals surface area (Å²) in [6, 6.07) is 2.31. The Morgan fingerprint density at radius 3 is 1.55 bits per heavy atom. The van der Waals surface area contributed by atoms with Crippen LogP contribution in [0.4, 0.5) is 0 Å². The maximum atomic E-state index is 11.4. The molecule has 0 heterocycles. The van der Waals surface area contributed by atoms with E-state index < -0.39 is 10.5 Å². The average Bonchev–Trinajstić information content (AvgIpc) is 2.47. The number of halogens is 2. The number of hydrogen-bond acceptors (Lipinski definition) is 6. The normalized spacial score (nSPS) is 9.18. The summed E-state index contributed by atoms with van der Waals surface area (Å²) in [7, 11) is 0. The first-order valence-electron chi connectivity index (χ1n) is 5.73. The molecule has 114 valence electrons. The molecular formula is C14H8Cl2O6. The quantitative estimate of drug-likeness (QED) is 0.530. The summed E-state index contributed by atoms with van der Waals surface area (Å²) >= 11 is 10.9. The van der Waals surface area contributed by atoms with Crippen molar-refractivity contribution >= 4 is 45.6 Å². The Hall–Kier alpha value is -2.36. The van der Waals surface area contributed by atoms with Gasteiger partial charge in [-0.15, -0.1) is 0 Å². The van der Waals surface area contributed by atoms with E-state index in [9.17, 15) is 19.2 Å². The van der Waals surface area contributed by atoms with Crippen LogP contribution in [0.25, 0.3) is 0 Å². The lowest BCUT2D eigenvalue weighted by atomic mass is 10.1. The molecule has 8 heteroatoms. The minimum Gasteiger partial charge on any atom is -0.488 e. The number of ether oxygens (including phenoxy) is 2. The molecule has 1 rings (SSSR count). The Kier molecular flexibility index (Phi) is 7.09. The maximum Gasteiger partial charge on any atom is 0.256 e. The molecule has 0 aromatic heterocycles. The van der Waals surface area contributed by atoms with Crippen molar-refractivity contribution in [2.24, 2.45) is 0 Å². The molecule has 0 aliphatic heterocycles. The topological polar surface area (TPSA) is 86.7 Å². The molecule has 0 aliphatic carbocycles. The molecule has 0 bridgehead atoms. The smallest absolute Gasteiger partial charge is 0.256 e. The zero-order valence-electron chi connectivity index (χ0n) is 10.9. The third-order valence-corrected chi connectivity index (χ3v) is 2.72. The van der Waals surface area contributed by atoms with Gasteiger partial charge in [-0.1, -0.05) is 0 Å². The summed E-state index contributed by atoms with van der Waals surface area (Å²) in [4.78, 5) is 43.0. The summed E-state index contributed by atoms with van der Waals surface area (Å²) in [5.74, 6) is 2.89. The highest BCUT2D eigenvalue weighted by molar-refractivity contribution is 6.69. The van der Waals surface area contributed by atoms with Gasteiger partial charge < -0.3 is 9.47 Å². The van der Waals surface area contributed by atoms with Crippen LogP contribution in [-0.2, 0) is 9.59 Å². The van der Waals surface area contributed by atoms with Crippen LogP contribution in [0.15, 0.2) is 24.3 Å². The van der Waals surface area contributed by atoms with Crippen molar-refractivity contribution in [3.63, 3.8) is 0 Å². The molecular weight excluding hydrogens is 335 g/mol. The molecule has 6 nitrogen and oxygen atoms in total. The van der Waals surface area contributed by atoms with Crippen LogP contribution >= 0.6 is 23.2 Å².